The number of fused-ring (bicyclic) bond motifs is 3. The highest BCUT2D eigenvalue weighted by Gasteiger charge is 2.28. The summed E-state index contributed by atoms with van der Waals surface area (Å²) in [5.41, 5.74) is 14.4. The van der Waals surface area contributed by atoms with Crippen LogP contribution in [-0.4, -0.2) is 0 Å². The van der Waals surface area contributed by atoms with Gasteiger partial charge in [-0.25, -0.2) is 0 Å². The lowest BCUT2D eigenvalue weighted by molar-refractivity contribution is 0.590. The number of rotatable bonds is 8. The molecule has 0 spiro atoms. The zero-order chi connectivity index (χ0) is 43.4. The molecule has 5 heteroatoms. The Bertz CT molecular complexity index is 2790. The van der Waals surface area contributed by atoms with Crippen LogP contribution >= 0.6 is 22.9 Å². The lowest BCUT2D eigenvalue weighted by Crippen LogP contribution is -2.17. The third-order valence-electron chi connectivity index (χ3n) is 11.7. The highest BCUT2D eigenvalue weighted by Crippen LogP contribution is 2.53. The van der Waals surface area contributed by atoms with E-state index in [0.717, 1.165) is 45.5 Å². The average Bonchev–Trinajstić information content (AvgIpc) is 3.61. The Morgan fingerprint density at radius 3 is 1.49 bits per heavy atom. The third-order valence-corrected chi connectivity index (χ3v) is 13.3. The molecule has 7 aromatic carbocycles. The van der Waals surface area contributed by atoms with Gasteiger partial charge in [-0.1, -0.05) is 152 Å². The number of halogens is 1. The fourth-order valence-electron chi connectivity index (χ4n) is 8.00. The minimum Gasteiger partial charge on any atom is -0.354 e. The molecule has 0 saturated heterocycles. The van der Waals surface area contributed by atoms with E-state index in [9.17, 15) is 0 Å². The smallest absolute Gasteiger partial charge is 0.0881 e. The molecule has 3 nitrogen and oxygen atoms in total. The molecule has 1 heterocycles. The molecule has 0 atom stereocenters. The summed E-state index contributed by atoms with van der Waals surface area (Å²) in [6.07, 6.45) is 0. The van der Waals surface area contributed by atoms with Crippen LogP contribution < -0.4 is 15.1 Å². The summed E-state index contributed by atoms with van der Waals surface area (Å²) in [5, 5.41) is 6.84. The number of anilines is 8. The number of hydrogen-bond acceptors (Lipinski definition) is 4. The van der Waals surface area contributed by atoms with Gasteiger partial charge in [-0.15, -0.1) is 11.3 Å². The summed E-state index contributed by atoms with van der Waals surface area (Å²) < 4.78 is 2.42. The van der Waals surface area contributed by atoms with E-state index >= 15 is 0 Å². The second-order valence-corrected chi connectivity index (χ2v) is 21.0. The van der Waals surface area contributed by atoms with E-state index in [-0.39, 0.29) is 16.2 Å². The predicted octanol–water partition coefficient (Wildman–Crippen LogP) is 17.9. The van der Waals surface area contributed by atoms with Crippen molar-refractivity contribution >= 4 is 88.6 Å². The van der Waals surface area contributed by atoms with Crippen LogP contribution in [0.2, 0.25) is 5.02 Å². The molecule has 8 rings (SSSR count). The first-order chi connectivity index (χ1) is 28.9. The van der Waals surface area contributed by atoms with Crippen LogP contribution in [0.25, 0.3) is 20.2 Å². The minimum atomic E-state index is -0.160. The van der Waals surface area contributed by atoms with Crippen molar-refractivity contribution in [3.63, 3.8) is 0 Å². The van der Waals surface area contributed by atoms with Crippen LogP contribution in [-0.2, 0) is 16.2 Å². The van der Waals surface area contributed by atoms with E-state index in [1.54, 1.807) is 0 Å². The summed E-state index contributed by atoms with van der Waals surface area (Å²) in [5.74, 6) is 0. The molecule has 8 aromatic rings. The van der Waals surface area contributed by atoms with Crippen molar-refractivity contribution in [2.24, 2.45) is 0 Å². The van der Waals surface area contributed by atoms with Crippen LogP contribution in [0.3, 0.4) is 0 Å². The van der Waals surface area contributed by atoms with E-state index in [1.165, 1.54) is 48.0 Å². The normalized spacial score (nSPS) is 12.3. The number of thiophene rings is 1. The first-order valence-corrected chi connectivity index (χ1v) is 22.6. The maximum absolute atomic E-state index is 7.77. The first kappa shape index (κ1) is 42.2. The molecule has 0 fully saturated rings. The van der Waals surface area contributed by atoms with Gasteiger partial charge in [-0.2, -0.15) is 0 Å². The van der Waals surface area contributed by atoms with Crippen molar-refractivity contribution < 1.29 is 0 Å². The standard InChI is InChI=1S/C56H58ClN3S/c1-36-16-26-42(27-17-36)59(43-28-18-37(2)19-29-43)47-32-33-48(53-51(47)45-14-12-13-15-50(45)61-53)60(44-30-22-39(23-31-44)55(6,7)8)49-35-40(56(9,10)11)34-46(52(49)57)58-41-24-20-38(21-25-41)54(3,4)5/h12-35,58H,1-11H3. The van der Waals surface area contributed by atoms with Crippen LogP contribution in [0.5, 0.6) is 0 Å². The second-order valence-electron chi connectivity index (χ2n) is 19.6. The Kier molecular flexibility index (Phi) is 11.1. The van der Waals surface area contributed by atoms with Gasteiger partial charge in [-0.3, -0.25) is 0 Å². The molecule has 1 N–H and O–H groups in total. The molecule has 0 aliphatic carbocycles. The molecule has 0 bridgehead atoms. The highest BCUT2D eigenvalue weighted by molar-refractivity contribution is 7.26. The van der Waals surface area contributed by atoms with E-state index in [4.69, 9.17) is 11.6 Å². The topological polar surface area (TPSA) is 18.5 Å². The van der Waals surface area contributed by atoms with Crippen molar-refractivity contribution in [2.75, 3.05) is 15.1 Å². The summed E-state index contributed by atoms with van der Waals surface area (Å²) in [4.78, 5) is 4.80. The van der Waals surface area contributed by atoms with Crippen molar-refractivity contribution in [3.8, 4) is 0 Å². The number of nitrogens with one attached hydrogen (secondary N) is 1. The zero-order valence-corrected chi connectivity index (χ0v) is 39.1. The van der Waals surface area contributed by atoms with Crippen molar-refractivity contribution in [1.29, 1.82) is 0 Å². The molecule has 0 aliphatic heterocycles. The maximum Gasteiger partial charge on any atom is 0.0881 e. The van der Waals surface area contributed by atoms with Gasteiger partial charge in [0.25, 0.3) is 0 Å². The quantitative estimate of drug-likeness (QED) is 0.164. The first-order valence-electron chi connectivity index (χ1n) is 21.4. The number of nitrogens with zero attached hydrogens (tertiary/aromatic N) is 2. The Morgan fingerprint density at radius 2 is 0.951 bits per heavy atom. The van der Waals surface area contributed by atoms with E-state index in [2.05, 4.69) is 237 Å². The predicted molar refractivity (Wildman–Crippen MR) is 269 cm³/mol. The van der Waals surface area contributed by atoms with Crippen molar-refractivity contribution in [3.05, 3.63) is 178 Å². The molecular formula is C56H58ClN3S. The fourth-order valence-corrected chi connectivity index (χ4v) is 9.47. The van der Waals surface area contributed by atoms with Gasteiger partial charge in [0, 0.05) is 38.2 Å². The summed E-state index contributed by atoms with van der Waals surface area (Å²) in [6.45, 7) is 24.6. The Labute approximate surface area is 372 Å². The number of aryl methyl sites for hydroxylation is 2. The molecule has 61 heavy (non-hydrogen) atoms. The fraction of sp³-hybridized carbons (Fsp3) is 0.250. The van der Waals surface area contributed by atoms with Crippen LogP contribution in [0.4, 0.5) is 45.5 Å². The zero-order valence-electron chi connectivity index (χ0n) is 37.5. The highest BCUT2D eigenvalue weighted by atomic mass is 35.5. The monoisotopic (exact) mass is 839 g/mol. The molecule has 0 unspecified atom stereocenters. The molecule has 0 amide bonds. The van der Waals surface area contributed by atoms with Gasteiger partial charge in [0.05, 0.1) is 32.5 Å². The van der Waals surface area contributed by atoms with Gasteiger partial charge in [-0.05, 0) is 126 Å². The molecule has 0 aliphatic rings. The third kappa shape index (κ3) is 8.54. The van der Waals surface area contributed by atoms with Crippen molar-refractivity contribution in [1.82, 2.24) is 0 Å². The van der Waals surface area contributed by atoms with Crippen LogP contribution in [0.1, 0.15) is 90.1 Å². The second kappa shape index (κ2) is 16.0. The lowest BCUT2D eigenvalue weighted by atomic mass is 9.86. The summed E-state index contributed by atoms with van der Waals surface area (Å²) in [6, 6.07) is 53.5. The van der Waals surface area contributed by atoms with Crippen LogP contribution in [0, 0.1) is 13.8 Å². The number of benzene rings is 7. The van der Waals surface area contributed by atoms with Crippen molar-refractivity contribution in [2.45, 2.75) is 92.4 Å². The van der Waals surface area contributed by atoms with Crippen LogP contribution in [0.15, 0.2) is 146 Å². The average molecular weight is 841 g/mol. The molecule has 1 aromatic heterocycles. The summed E-state index contributed by atoms with van der Waals surface area (Å²) >= 11 is 9.61. The Hall–Kier alpha value is -5.55. The maximum atomic E-state index is 7.77. The number of hydrogen-bond donors (Lipinski definition) is 1. The van der Waals surface area contributed by atoms with Gasteiger partial charge in [0.1, 0.15) is 0 Å². The van der Waals surface area contributed by atoms with Gasteiger partial charge in [0.15, 0.2) is 0 Å². The molecular weight excluding hydrogens is 782 g/mol. The van der Waals surface area contributed by atoms with Gasteiger partial charge in [0.2, 0.25) is 0 Å². The van der Waals surface area contributed by atoms with E-state index in [1.807, 2.05) is 11.3 Å². The lowest BCUT2D eigenvalue weighted by Gasteiger charge is -2.32. The van der Waals surface area contributed by atoms with Gasteiger partial charge < -0.3 is 15.1 Å². The van der Waals surface area contributed by atoms with E-state index < -0.39 is 0 Å². The SMILES string of the molecule is Cc1ccc(N(c2ccc(C)cc2)c2ccc(N(c3ccc(C(C)(C)C)cc3)c3cc(C(C)(C)C)cc(Nc4ccc(C(C)(C)C)cc4)c3Cl)c3sc4ccccc4c23)cc1. The molecule has 0 radical (unpaired) electrons. The summed E-state index contributed by atoms with van der Waals surface area (Å²) in [7, 11) is 0. The Balaban J connectivity index is 1.41. The molecule has 310 valence electrons. The van der Waals surface area contributed by atoms with Gasteiger partial charge >= 0.3 is 0 Å². The van der Waals surface area contributed by atoms with E-state index in [0.29, 0.717) is 5.02 Å². The largest absolute Gasteiger partial charge is 0.354 e. The molecule has 0 saturated carbocycles. The minimum absolute atomic E-state index is 0.00257. The Morgan fingerprint density at radius 1 is 0.475 bits per heavy atom.